The minimum Gasteiger partial charge on any atom is -0.406 e. The molecule has 0 fully saturated rings. The van der Waals surface area contributed by atoms with Crippen LogP contribution in [0.1, 0.15) is 0 Å². The molecule has 1 unspecified atom stereocenters. The summed E-state index contributed by atoms with van der Waals surface area (Å²) in [5.41, 5.74) is 5.32. The summed E-state index contributed by atoms with van der Waals surface area (Å²) in [6.45, 7) is -1.20. The van der Waals surface area contributed by atoms with Crippen LogP contribution in [0.25, 0.3) is 11.2 Å². The molecule has 0 aliphatic rings. The average molecular weight is 261 g/mol. The van der Waals surface area contributed by atoms with Gasteiger partial charge in [0.1, 0.15) is 0 Å². The predicted molar refractivity (Wildman–Crippen MR) is 56.9 cm³/mol. The molecule has 0 aromatic carbocycles. The second-order valence-corrected chi connectivity index (χ2v) is 3.78. The van der Waals surface area contributed by atoms with E-state index in [-0.39, 0.29) is 11.2 Å². The van der Waals surface area contributed by atoms with Gasteiger partial charge in [0.15, 0.2) is 11.2 Å². The molecule has 2 aromatic rings. The van der Waals surface area contributed by atoms with Crippen LogP contribution in [0.5, 0.6) is 0 Å². The standard InChI is InChI=1S/C10H10F3N3O2/c11-10(12,13)6(4-14)5-16-8-7(18-9(16)17)2-1-3-15-8/h1-3,6H,4-5,14H2. The Labute approximate surface area is 99.0 Å². The molecule has 0 aliphatic carbocycles. The van der Waals surface area contributed by atoms with Gasteiger partial charge in [-0.3, -0.25) is 4.57 Å². The van der Waals surface area contributed by atoms with Crippen molar-refractivity contribution in [1.82, 2.24) is 9.55 Å². The second-order valence-electron chi connectivity index (χ2n) is 3.78. The van der Waals surface area contributed by atoms with Crippen LogP contribution in [0.2, 0.25) is 0 Å². The van der Waals surface area contributed by atoms with E-state index in [0.717, 1.165) is 4.57 Å². The largest absolute Gasteiger partial charge is 0.421 e. The predicted octanol–water partition coefficient (Wildman–Crippen LogP) is 1.13. The van der Waals surface area contributed by atoms with Gasteiger partial charge in [0.2, 0.25) is 0 Å². The Hall–Kier alpha value is -1.83. The monoisotopic (exact) mass is 261 g/mol. The summed E-state index contributed by atoms with van der Waals surface area (Å²) in [6, 6.07) is 2.99. The first-order valence-corrected chi connectivity index (χ1v) is 5.14. The maximum absolute atomic E-state index is 12.6. The van der Waals surface area contributed by atoms with E-state index in [1.807, 2.05) is 0 Å². The highest BCUT2D eigenvalue weighted by molar-refractivity contribution is 5.67. The lowest BCUT2D eigenvalue weighted by molar-refractivity contribution is -0.175. The Morgan fingerprint density at radius 1 is 1.50 bits per heavy atom. The van der Waals surface area contributed by atoms with Gasteiger partial charge in [-0.05, 0) is 12.1 Å². The molecular weight excluding hydrogens is 251 g/mol. The van der Waals surface area contributed by atoms with E-state index in [2.05, 4.69) is 4.98 Å². The van der Waals surface area contributed by atoms with Crippen molar-refractivity contribution in [2.45, 2.75) is 12.7 Å². The maximum Gasteiger partial charge on any atom is 0.421 e. The third-order valence-electron chi connectivity index (χ3n) is 2.57. The molecule has 2 heterocycles. The van der Waals surface area contributed by atoms with Gasteiger partial charge in [-0.1, -0.05) is 0 Å². The number of oxazole rings is 1. The smallest absolute Gasteiger partial charge is 0.406 e. The third kappa shape index (κ3) is 2.23. The highest BCUT2D eigenvalue weighted by atomic mass is 19.4. The number of alkyl halides is 3. The van der Waals surface area contributed by atoms with Crippen LogP contribution >= 0.6 is 0 Å². The number of rotatable bonds is 3. The van der Waals surface area contributed by atoms with E-state index < -0.39 is 30.9 Å². The van der Waals surface area contributed by atoms with Crippen LogP contribution in [0.15, 0.2) is 27.5 Å². The molecule has 0 saturated heterocycles. The average Bonchev–Trinajstić information content (AvgIpc) is 2.60. The molecule has 5 nitrogen and oxygen atoms in total. The maximum atomic E-state index is 12.6. The third-order valence-corrected chi connectivity index (χ3v) is 2.57. The van der Waals surface area contributed by atoms with E-state index in [0.29, 0.717) is 0 Å². The van der Waals surface area contributed by atoms with Gasteiger partial charge in [0, 0.05) is 19.3 Å². The Balaban J connectivity index is 2.43. The van der Waals surface area contributed by atoms with Crippen molar-refractivity contribution in [3.8, 4) is 0 Å². The molecular formula is C10H10F3N3O2. The molecule has 18 heavy (non-hydrogen) atoms. The van der Waals surface area contributed by atoms with Crippen LogP contribution < -0.4 is 11.5 Å². The van der Waals surface area contributed by atoms with Crippen molar-refractivity contribution in [3.05, 3.63) is 28.9 Å². The van der Waals surface area contributed by atoms with Crippen LogP contribution in [-0.4, -0.2) is 22.3 Å². The summed E-state index contributed by atoms with van der Waals surface area (Å²) in [4.78, 5) is 15.3. The number of pyridine rings is 1. The molecule has 0 saturated carbocycles. The zero-order valence-electron chi connectivity index (χ0n) is 9.15. The fraction of sp³-hybridized carbons (Fsp3) is 0.400. The molecule has 0 amide bonds. The van der Waals surface area contributed by atoms with E-state index in [1.165, 1.54) is 18.3 Å². The number of aromatic nitrogens is 2. The zero-order valence-corrected chi connectivity index (χ0v) is 9.15. The topological polar surface area (TPSA) is 74.0 Å². The van der Waals surface area contributed by atoms with E-state index in [1.54, 1.807) is 0 Å². The van der Waals surface area contributed by atoms with Crippen molar-refractivity contribution in [3.63, 3.8) is 0 Å². The summed E-state index contributed by atoms with van der Waals surface area (Å²) < 4.78 is 43.4. The first-order chi connectivity index (χ1) is 8.43. The van der Waals surface area contributed by atoms with Crippen molar-refractivity contribution in [2.75, 3.05) is 6.54 Å². The summed E-state index contributed by atoms with van der Waals surface area (Å²) in [7, 11) is 0. The Morgan fingerprint density at radius 3 is 2.83 bits per heavy atom. The number of nitrogens with zero attached hydrogens (tertiary/aromatic N) is 2. The molecule has 0 spiro atoms. The Bertz CT molecular complexity index is 602. The van der Waals surface area contributed by atoms with E-state index >= 15 is 0 Å². The highest BCUT2D eigenvalue weighted by Crippen LogP contribution is 2.27. The first-order valence-electron chi connectivity index (χ1n) is 5.14. The number of hydrogen-bond donors (Lipinski definition) is 1. The summed E-state index contributed by atoms with van der Waals surface area (Å²) in [6.07, 6.45) is -3.09. The van der Waals surface area contributed by atoms with E-state index in [9.17, 15) is 18.0 Å². The molecule has 0 bridgehead atoms. The molecule has 0 aliphatic heterocycles. The van der Waals surface area contributed by atoms with Crippen LogP contribution in [0.3, 0.4) is 0 Å². The minimum atomic E-state index is -4.47. The minimum absolute atomic E-state index is 0.0881. The molecule has 8 heteroatoms. The number of hydrogen-bond acceptors (Lipinski definition) is 4. The second kappa shape index (κ2) is 4.45. The molecule has 2 rings (SSSR count). The number of halogens is 3. The summed E-state index contributed by atoms with van der Waals surface area (Å²) in [5.74, 6) is -2.68. The van der Waals surface area contributed by atoms with Gasteiger partial charge < -0.3 is 10.2 Å². The molecule has 2 N–H and O–H groups in total. The van der Waals surface area contributed by atoms with Crippen LogP contribution in [0.4, 0.5) is 13.2 Å². The van der Waals surface area contributed by atoms with Gasteiger partial charge in [-0.2, -0.15) is 13.2 Å². The van der Waals surface area contributed by atoms with Crippen molar-refractivity contribution in [2.24, 2.45) is 11.7 Å². The highest BCUT2D eigenvalue weighted by Gasteiger charge is 2.39. The Morgan fingerprint density at radius 2 is 2.22 bits per heavy atom. The normalized spacial score (nSPS) is 14.0. The van der Waals surface area contributed by atoms with E-state index in [4.69, 9.17) is 10.2 Å². The SMILES string of the molecule is NCC(Cn1c(=O)oc2cccnc21)C(F)(F)F. The van der Waals surface area contributed by atoms with Crippen molar-refractivity contribution < 1.29 is 17.6 Å². The van der Waals surface area contributed by atoms with Gasteiger partial charge in [-0.25, -0.2) is 9.78 Å². The van der Waals surface area contributed by atoms with Gasteiger partial charge in [0.25, 0.3) is 0 Å². The molecule has 1 atom stereocenters. The zero-order chi connectivity index (χ0) is 13.3. The molecule has 2 aromatic heterocycles. The van der Waals surface area contributed by atoms with Crippen molar-refractivity contribution >= 4 is 11.2 Å². The molecule has 98 valence electrons. The van der Waals surface area contributed by atoms with Crippen LogP contribution in [0, 0.1) is 5.92 Å². The fourth-order valence-electron chi connectivity index (χ4n) is 1.59. The lowest BCUT2D eigenvalue weighted by atomic mass is 10.1. The fourth-order valence-corrected chi connectivity index (χ4v) is 1.59. The van der Waals surface area contributed by atoms with Gasteiger partial charge in [0.05, 0.1) is 5.92 Å². The Kier molecular flexibility index (Phi) is 3.12. The van der Waals surface area contributed by atoms with Gasteiger partial charge in [-0.15, -0.1) is 0 Å². The van der Waals surface area contributed by atoms with Gasteiger partial charge >= 0.3 is 11.9 Å². The quantitative estimate of drug-likeness (QED) is 0.898. The lowest BCUT2D eigenvalue weighted by Gasteiger charge is -2.17. The van der Waals surface area contributed by atoms with Crippen molar-refractivity contribution in [1.29, 1.82) is 0 Å². The summed E-state index contributed by atoms with van der Waals surface area (Å²) in [5, 5.41) is 0. The van der Waals surface area contributed by atoms with Crippen LogP contribution in [-0.2, 0) is 6.54 Å². The molecule has 0 radical (unpaired) electrons. The first kappa shape index (κ1) is 12.6. The lowest BCUT2D eigenvalue weighted by Crippen LogP contribution is -2.36. The number of nitrogens with two attached hydrogens (primary N) is 1. The number of fused-ring (bicyclic) bond motifs is 1. The summed E-state index contributed by atoms with van der Waals surface area (Å²) >= 11 is 0.